The summed E-state index contributed by atoms with van der Waals surface area (Å²) in [5.41, 5.74) is 7.34. The first-order valence-electron chi connectivity index (χ1n) is 5.96. The molecule has 0 heterocycles. The molecule has 1 atom stereocenters. The minimum absolute atomic E-state index is 0.491. The molecule has 0 amide bonds. The van der Waals surface area contributed by atoms with Crippen LogP contribution in [-0.4, -0.2) is 36.9 Å². The van der Waals surface area contributed by atoms with Gasteiger partial charge in [0, 0.05) is 30.9 Å². The summed E-state index contributed by atoms with van der Waals surface area (Å²) in [6.45, 7) is 3.76. The van der Waals surface area contributed by atoms with Crippen LogP contribution >= 0.6 is 0 Å². The van der Waals surface area contributed by atoms with Crippen molar-refractivity contribution in [2.75, 3.05) is 38.4 Å². The Morgan fingerprint density at radius 2 is 2.06 bits per heavy atom. The van der Waals surface area contributed by atoms with Crippen molar-refractivity contribution in [2.24, 2.45) is 0 Å². The molecule has 1 aromatic rings. The summed E-state index contributed by atoms with van der Waals surface area (Å²) in [4.78, 5) is 0.801. The second-order valence-electron chi connectivity index (χ2n) is 4.03. The summed E-state index contributed by atoms with van der Waals surface area (Å²) in [5.74, 6) is 0.497. The number of ether oxygens (including phenoxy) is 2. The van der Waals surface area contributed by atoms with Crippen molar-refractivity contribution in [3.63, 3.8) is 0 Å². The highest BCUT2D eigenvalue weighted by Gasteiger charge is 2.07. The summed E-state index contributed by atoms with van der Waals surface area (Å²) < 4.78 is 22.4. The lowest BCUT2D eigenvalue weighted by Gasteiger charge is -2.07. The van der Waals surface area contributed by atoms with Crippen molar-refractivity contribution >= 4 is 16.5 Å². The fourth-order valence-corrected chi connectivity index (χ4v) is 2.70. The molecule has 0 bridgehead atoms. The number of methoxy groups -OCH3 is 1. The van der Waals surface area contributed by atoms with Crippen LogP contribution in [0.15, 0.2) is 23.1 Å². The van der Waals surface area contributed by atoms with Gasteiger partial charge in [-0.05, 0) is 31.0 Å². The smallest absolute Gasteiger partial charge is 0.0585 e. The maximum Gasteiger partial charge on any atom is 0.0585 e. The lowest BCUT2D eigenvalue weighted by Crippen LogP contribution is -2.09. The molecule has 1 unspecified atom stereocenters. The average Bonchev–Trinajstić information content (AvgIpc) is 2.36. The van der Waals surface area contributed by atoms with Crippen molar-refractivity contribution in [3.05, 3.63) is 23.8 Å². The van der Waals surface area contributed by atoms with E-state index in [1.807, 2.05) is 19.1 Å². The molecule has 0 aliphatic heterocycles. The minimum atomic E-state index is -1.05. The molecule has 0 saturated heterocycles. The second kappa shape index (κ2) is 8.24. The Hall–Kier alpha value is -0.910. The van der Waals surface area contributed by atoms with Gasteiger partial charge >= 0.3 is 0 Å². The number of nitrogen functional groups attached to an aromatic ring is 1. The second-order valence-corrected chi connectivity index (χ2v) is 5.57. The molecule has 18 heavy (non-hydrogen) atoms. The number of anilines is 1. The Balaban J connectivity index is 2.34. The van der Waals surface area contributed by atoms with Crippen LogP contribution < -0.4 is 5.73 Å². The number of hydrogen-bond donors (Lipinski definition) is 1. The standard InChI is InChI=1S/C13H21NO3S/c1-11-4-5-12(14)10-13(11)18(15)9-8-17-7-3-6-16-2/h4-5,10H,3,6-9,14H2,1-2H3. The molecule has 0 aromatic heterocycles. The van der Waals surface area contributed by atoms with Crippen molar-refractivity contribution < 1.29 is 13.7 Å². The fourth-order valence-electron chi connectivity index (χ4n) is 1.51. The summed E-state index contributed by atoms with van der Waals surface area (Å²) in [7, 11) is 0.616. The first-order valence-corrected chi connectivity index (χ1v) is 7.28. The van der Waals surface area contributed by atoms with Gasteiger partial charge in [-0.1, -0.05) is 6.07 Å². The van der Waals surface area contributed by atoms with E-state index in [1.54, 1.807) is 13.2 Å². The molecule has 1 rings (SSSR count). The van der Waals surface area contributed by atoms with E-state index in [2.05, 4.69) is 0 Å². The monoisotopic (exact) mass is 271 g/mol. The van der Waals surface area contributed by atoms with Gasteiger partial charge in [-0.25, -0.2) is 0 Å². The first kappa shape index (κ1) is 15.1. The van der Waals surface area contributed by atoms with Gasteiger partial charge in [0.1, 0.15) is 0 Å². The number of hydrogen-bond acceptors (Lipinski definition) is 4. The lowest BCUT2D eigenvalue weighted by atomic mass is 10.2. The van der Waals surface area contributed by atoms with Gasteiger partial charge < -0.3 is 15.2 Å². The maximum absolute atomic E-state index is 12.1. The summed E-state index contributed by atoms with van der Waals surface area (Å²) in [6.07, 6.45) is 0.862. The molecule has 1 aromatic carbocycles. The third kappa shape index (κ3) is 5.16. The molecule has 0 aliphatic carbocycles. The largest absolute Gasteiger partial charge is 0.399 e. The summed E-state index contributed by atoms with van der Waals surface area (Å²) >= 11 is 0. The van der Waals surface area contributed by atoms with Crippen LogP contribution in [0.25, 0.3) is 0 Å². The van der Waals surface area contributed by atoms with Gasteiger partial charge in [-0.15, -0.1) is 0 Å². The highest BCUT2D eigenvalue weighted by atomic mass is 32.2. The Labute approximate surface area is 111 Å². The zero-order valence-electron chi connectivity index (χ0n) is 11.0. The first-order chi connectivity index (χ1) is 8.65. The summed E-state index contributed by atoms with van der Waals surface area (Å²) in [5, 5.41) is 0. The zero-order chi connectivity index (χ0) is 13.4. The van der Waals surface area contributed by atoms with Crippen LogP contribution in [0.4, 0.5) is 5.69 Å². The van der Waals surface area contributed by atoms with E-state index in [4.69, 9.17) is 15.2 Å². The lowest BCUT2D eigenvalue weighted by molar-refractivity contribution is 0.112. The molecule has 4 nitrogen and oxygen atoms in total. The van der Waals surface area contributed by atoms with Crippen molar-refractivity contribution in [1.29, 1.82) is 0 Å². The van der Waals surface area contributed by atoms with E-state index < -0.39 is 10.8 Å². The average molecular weight is 271 g/mol. The van der Waals surface area contributed by atoms with Gasteiger partial charge in [0.25, 0.3) is 0 Å². The van der Waals surface area contributed by atoms with Crippen LogP contribution in [0, 0.1) is 6.92 Å². The van der Waals surface area contributed by atoms with Crippen LogP contribution in [0.5, 0.6) is 0 Å². The maximum atomic E-state index is 12.1. The molecule has 5 heteroatoms. The molecule has 2 N–H and O–H groups in total. The Morgan fingerprint density at radius 3 is 2.78 bits per heavy atom. The highest BCUT2D eigenvalue weighted by molar-refractivity contribution is 7.85. The molecule has 0 radical (unpaired) electrons. The Morgan fingerprint density at radius 1 is 1.28 bits per heavy atom. The van der Waals surface area contributed by atoms with Crippen LogP contribution in [-0.2, 0) is 20.3 Å². The molecule has 102 valence electrons. The van der Waals surface area contributed by atoms with Gasteiger partial charge in [0.05, 0.1) is 23.2 Å². The van der Waals surface area contributed by atoms with Gasteiger partial charge in [0.2, 0.25) is 0 Å². The van der Waals surface area contributed by atoms with E-state index in [0.717, 1.165) is 16.9 Å². The van der Waals surface area contributed by atoms with Crippen molar-refractivity contribution in [2.45, 2.75) is 18.2 Å². The molecule has 0 aliphatic rings. The Kier molecular flexibility index (Phi) is 6.93. The van der Waals surface area contributed by atoms with Crippen molar-refractivity contribution in [1.82, 2.24) is 0 Å². The van der Waals surface area contributed by atoms with Crippen molar-refractivity contribution in [3.8, 4) is 0 Å². The predicted molar refractivity (Wildman–Crippen MR) is 74.2 cm³/mol. The molecular formula is C13H21NO3S. The van der Waals surface area contributed by atoms with Gasteiger partial charge in [-0.2, -0.15) is 0 Å². The summed E-state index contributed by atoms with van der Waals surface area (Å²) in [6, 6.07) is 5.48. The predicted octanol–water partition coefficient (Wildman–Crippen LogP) is 1.74. The van der Waals surface area contributed by atoms with Gasteiger partial charge in [0.15, 0.2) is 0 Å². The number of benzene rings is 1. The topological polar surface area (TPSA) is 61.5 Å². The number of rotatable bonds is 8. The third-order valence-corrected chi connectivity index (χ3v) is 3.98. The van der Waals surface area contributed by atoms with E-state index >= 15 is 0 Å². The SMILES string of the molecule is COCCCOCCS(=O)c1cc(N)ccc1C. The Bertz CT molecular complexity index is 396. The molecule has 0 spiro atoms. The zero-order valence-corrected chi connectivity index (χ0v) is 11.8. The number of aryl methyl sites for hydroxylation is 1. The minimum Gasteiger partial charge on any atom is -0.399 e. The fraction of sp³-hybridized carbons (Fsp3) is 0.538. The molecule has 0 fully saturated rings. The molecule has 0 saturated carbocycles. The van der Waals surface area contributed by atoms with E-state index in [-0.39, 0.29) is 0 Å². The van der Waals surface area contributed by atoms with Crippen LogP contribution in [0.1, 0.15) is 12.0 Å². The number of nitrogens with two attached hydrogens (primary N) is 1. The van der Waals surface area contributed by atoms with Gasteiger partial charge in [-0.3, -0.25) is 4.21 Å². The normalized spacial score (nSPS) is 12.6. The van der Waals surface area contributed by atoms with Crippen LogP contribution in [0.3, 0.4) is 0 Å². The van der Waals surface area contributed by atoms with E-state index in [9.17, 15) is 4.21 Å². The quantitative estimate of drug-likeness (QED) is 0.578. The van der Waals surface area contributed by atoms with E-state index in [0.29, 0.717) is 31.3 Å². The molecular weight excluding hydrogens is 250 g/mol. The van der Waals surface area contributed by atoms with E-state index in [1.165, 1.54) is 0 Å². The third-order valence-electron chi connectivity index (χ3n) is 2.51. The highest BCUT2D eigenvalue weighted by Crippen LogP contribution is 2.16. The van der Waals surface area contributed by atoms with Crippen LogP contribution in [0.2, 0.25) is 0 Å².